The summed E-state index contributed by atoms with van der Waals surface area (Å²) in [6.07, 6.45) is 1.60. The Balaban J connectivity index is 1.69. The molecule has 0 aliphatic rings. The molecule has 2 N–H and O–H groups in total. The number of benzene rings is 1. The Morgan fingerprint density at radius 1 is 1.27 bits per heavy atom. The number of anilines is 2. The predicted molar refractivity (Wildman–Crippen MR) is 99.6 cm³/mol. The van der Waals surface area contributed by atoms with Crippen LogP contribution >= 0.6 is 22.9 Å². The lowest BCUT2D eigenvalue weighted by Crippen LogP contribution is -2.21. The summed E-state index contributed by atoms with van der Waals surface area (Å²) in [4.78, 5) is 28.4. The van der Waals surface area contributed by atoms with Gasteiger partial charge in [0.15, 0.2) is 10.8 Å². The van der Waals surface area contributed by atoms with Crippen molar-refractivity contribution in [1.82, 2.24) is 20.0 Å². The maximum Gasteiger partial charge on any atom is 0.278 e. The molecule has 0 unspecified atom stereocenters. The fourth-order valence-corrected chi connectivity index (χ4v) is 3.03. The van der Waals surface area contributed by atoms with Crippen LogP contribution in [0.15, 0.2) is 29.8 Å². The van der Waals surface area contributed by atoms with Crippen molar-refractivity contribution in [3.05, 3.63) is 51.7 Å². The minimum absolute atomic E-state index is 0.0724. The SMILES string of the molecule is Cc1ccc(NC(=O)c2nnn(CC(=O)Nc3nccs3)c2C)c(Cl)c1. The summed E-state index contributed by atoms with van der Waals surface area (Å²) in [7, 11) is 0. The van der Waals surface area contributed by atoms with Gasteiger partial charge in [0.1, 0.15) is 6.54 Å². The van der Waals surface area contributed by atoms with Crippen molar-refractivity contribution in [3.63, 3.8) is 0 Å². The van der Waals surface area contributed by atoms with Gasteiger partial charge in [-0.2, -0.15) is 0 Å². The summed E-state index contributed by atoms with van der Waals surface area (Å²) in [5, 5.41) is 15.8. The van der Waals surface area contributed by atoms with Crippen LogP contribution in [0.3, 0.4) is 0 Å². The molecule has 0 fully saturated rings. The van der Waals surface area contributed by atoms with Crippen LogP contribution in [0.4, 0.5) is 10.8 Å². The third-order valence-corrected chi connectivity index (χ3v) is 4.54. The predicted octanol–water partition coefficient (Wildman–Crippen LogP) is 2.90. The number of aromatic nitrogens is 4. The van der Waals surface area contributed by atoms with Gasteiger partial charge in [0, 0.05) is 11.6 Å². The van der Waals surface area contributed by atoms with Gasteiger partial charge < -0.3 is 10.6 Å². The summed E-state index contributed by atoms with van der Waals surface area (Å²) < 4.78 is 1.36. The van der Waals surface area contributed by atoms with Crippen LogP contribution in [0.25, 0.3) is 0 Å². The summed E-state index contributed by atoms with van der Waals surface area (Å²) in [6.45, 7) is 3.50. The van der Waals surface area contributed by atoms with E-state index in [4.69, 9.17) is 11.6 Å². The van der Waals surface area contributed by atoms with E-state index in [0.717, 1.165) is 5.56 Å². The van der Waals surface area contributed by atoms with E-state index in [0.29, 0.717) is 21.5 Å². The Hall–Kier alpha value is -2.78. The van der Waals surface area contributed by atoms with E-state index in [1.54, 1.807) is 30.6 Å². The van der Waals surface area contributed by atoms with Crippen molar-refractivity contribution in [3.8, 4) is 0 Å². The van der Waals surface area contributed by atoms with Crippen molar-refractivity contribution in [2.24, 2.45) is 0 Å². The molecule has 0 radical (unpaired) electrons. The monoisotopic (exact) mass is 390 g/mol. The third-order valence-electron chi connectivity index (χ3n) is 3.54. The Labute approximate surface area is 158 Å². The van der Waals surface area contributed by atoms with Crippen LogP contribution in [0, 0.1) is 13.8 Å². The number of halogens is 1. The molecule has 0 bridgehead atoms. The first-order chi connectivity index (χ1) is 12.4. The molecule has 0 saturated heterocycles. The molecular formula is C16H15ClN6O2S. The van der Waals surface area contributed by atoms with Gasteiger partial charge in [0.05, 0.1) is 16.4 Å². The average Bonchev–Trinajstić information content (AvgIpc) is 3.21. The number of nitrogens with zero attached hydrogens (tertiary/aromatic N) is 4. The van der Waals surface area contributed by atoms with Gasteiger partial charge in [0.2, 0.25) is 5.91 Å². The first kappa shape index (κ1) is 18.0. The highest BCUT2D eigenvalue weighted by atomic mass is 35.5. The van der Waals surface area contributed by atoms with E-state index in [1.807, 2.05) is 13.0 Å². The van der Waals surface area contributed by atoms with Crippen molar-refractivity contribution < 1.29 is 9.59 Å². The molecular weight excluding hydrogens is 376 g/mol. The number of carbonyl (C=O) groups is 2. The van der Waals surface area contributed by atoms with E-state index < -0.39 is 5.91 Å². The smallest absolute Gasteiger partial charge is 0.278 e. The van der Waals surface area contributed by atoms with Crippen molar-refractivity contribution in [1.29, 1.82) is 0 Å². The highest BCUT2D eigenvalue weighted by Crippen LogP contribution is 2.23. The van der Waals surface area contributed by atoms with Gasteiger partial charge in [-0.15, -0.1) is 16.4 Å². The van der Waals surface area contributed by atoms with Gasteiger partial charge in [-0.05, 0) is 31.5 Å². The van der Waals surface area contributed by atoms with Gasteiger partial charge in [-0.3, -0.25) is 9.59 Å². The molecule has 2 aromatic heterocycles. The van der Waals surface area contributed by atoms with E-state index in [9.17, 15) is 9.59 Å². The number of carbonyl (C=O) groups excluding carboxylic acids is 2. The maximum absolute atomic E-state index is 12.4. The van der Waals surface area contributed by atoms with E-state index >= 15 is 0 Å². The Bertz CT molecular complexity index is 954. The molecule has 0 aliphatic heterocycles. The lowest BCUT2D eigenvalue weighted by molar-refractivity contribution is -0.117. The second-order valence-electron chi connectivity index (χ2n) is 5.50. The molecule has 26 heavy (non-hydrogen) atoms. The van der Waals surface area contributed by atoms with Gasteiger partial charge in [-0.1, -0.05) is 22.9 Å². The molecule has 1 aromatic carbocycles. The fraction of sp³-hybridized carbons (Fsp3) is 0.188. The molecule has 2 heterocycles. The number of thiazole rings is 1. The first-order valence-corrected chi connectivity index (χ1v) is 8.86. The number of hydrogen-bond acceptors (Lipinski definition) is 6. The second kappa shape index (κ2) is 7.63. The van der Waals surface area contributed by atoms with Crippen LogP contribution in [0.5, 0.6) is 0 Å². The van der Waals surface area contributed by atoms with Crippen LogP contribution in [-0.4, -0.2) is 31.8 Å². The molecule has 0 saturated carbocycles. The summed E-state index contributed by atoms with van der Waals surface area (Å²) in [6, 6.07) is 5.31. The summed E-state index contributed by atoms with van der Waals surface area (Å²) in [5.74, 6) is -0.749. The second-order valence-corrected chi connectivity index (χ2v) is 6.81. The third kappa shape index (κ3) is 4.06. The molecule has 10 heteroatoms. The largest absolute Gasteiger partial charge is 0.319 e. The van der Waals surface area contributed by atoms with E-state index in [-0.39, 0.29) is 18.1 Å². The zero-order valence-corrected chi connectivity index (χ0v) is 15.6. The minimum Gasteiger partial charge on any atom is -0.319 e. The van der Waals surface area contributed by atoms with Gasteiger partial charge in [-0.25, -0.2) is 9.67 Å². The highest BCUT2D eigenvalue weighted by Gasteiger charge is 2.19. The number of nitrogens with one attached hydrogen (secondary N) is 2. The Kier molecular flexibility index (Phi) is 5.29. The molecule has 134 valence electrons. The van der Waals surface area contributed by atoms with E-state index in [1.165, 1.54) is 16.0 Å². The molecule has 0 atom stereocenters. The Morgan fingerprint density at radius 2 is 2.08 bits per heavy atom. The van der Waals surface area contributed by atoms with Gasteiger partial charge in [0.25, 0.3) is 5.91 Å². The lowest BCUT2D eigenvalue weighted by Gasteiger charge is -2.07. The number of hydrogen-bond donors (Lipinski definition) is 2. The van der Waals surface area contributed by atoms with Crippen molar-refractivity contribution >= 4 is 45.6 Å². The number of amides is 2. The zero-order valence-electron chi connectivity index (χ0n) is 14.0. The summed E-state index contributed by atoms with van der Waals surface area (Å²) >= 11 is 7.44. The van der Waals surface area contributed by atoms with E-state index in [2.05, 4.69) is 25.9 Å². The molecule has 3 rings (SSSR count). The standard InChI is InChI=1S/C16H15ClN6O2S/c1-9-3-4-12(11(17)7-9)19-15(25)14-10(2)23(22-21-14)8-13(24)20-16-18-5-6-26-16/h3-7H,8H2,1-2H3,(H,19,25)(H,18,20,24). The van der Waals surface area contributed by atoms with Gasteiger partial charge >= 0.3 is 0 Å². The quantitative estimate of drug-likeness (QED) is 0.697. The van der Waals surface area contributed by atoms with Crippen LogP contribution in [0.1, 0.15) is 21.7 Å². The Morgan fingerprint density at radius 3 is 2.77 bits per heavy atom. The fourth-order valence-electron chi connectivity index (χ4n) is 2.20. The van der Waals surface area contributed by atoms with Crippen molar-refractivity contribution in [2.75, 3.05) is 10.6 Å². The molecule has 2 amide bonds. The normalized spacial score (nSPS) is 10.6. The number of rotatable bonds is 5. The molecule has 0 spiro atoms. The molecule has 0 aliphatic carbocycles. The minimum atomic E-state index is -0.445. The van der Waals surface area contributed by atoms with Crippen molar-refractivity contribution in [2.45, 2.75) is 20.4 Å². The number of aryl methyl sites for hydroxylation is 1. The first-order valence-electron chi connectivity index (χ1n) is 7.61. The molecule has 8 nitrogen and oxygen atoms in total. The molecule has 3 aromatic rings. The lowest BCUT2D eigenvalue weighted by atomic mass is 10.2. The zero-order chi connectivity index (χ0) is 18.7. The van der Waals surface area contributed by atoms with Crippen LogP contribution in [-0.2, 0) is 11.3 Å². The topological polar surface area (TPSA) is 102 Å². The highest BCUT2D eigenvalue weighted by molar-refractivity contribution is 7.13. The average molecular weight is 391 g/mol. The van der Waals surface area contributed by atoms with Crippen LogP contribution in [0.2, 0.25) is 5.02 Å². The maximum atomic E-state index is 12.4. The summed E-state index contributed by atoms with van der Waals surface area (Å²) in [5.41, 5.74) is 2.07. The van der Waals surface area contributed by atoms with Crippen LogP contribution < -0.4 is 10.6 Å².